The molecule has 0 spiro atoms. The summed E-state index contributed by atoms with van der Waals surface area (Å²) >= 11 is 0. The Kier molecular flexibility index (Phi) is 7.63. The molecular formula is C14H26NO6P. The molecule has 1 aliphatic heterocycles. The van der Waals surface area contributed by atoms with Crippen molar-refractivity contribution in [2.24, 2.45) is 0 Å². The number of nitrogens with zero attached hydrogens (tertiary/aromatic N) is 1. The van der Waals surface area contributed by atoms with E-state index in [1.165, 1.54) is 0 Å². The average Bonchev–Trinajstić information content (AvgIpc) is 2.41. The van der Waals surface area contributed by atoms with Crippen molar-refractivity contribution in [3.05, 3.63) is 0 Å². The Hall–Kier alpha value is -0.320. The minimum Gasteiger partial charge on any atom is -0.388 e. The molecule has 0 amide bonds. The van der Waals surface area contributed by atoms with Crippen LogP contribution in [-0.4, -0.2) is 65.6 Å². The third-order valence-corrected chi connectivity index (χ3v) is 4.06. The van der Waals surface area contributed by atoms with Crippen LogP contribution >= 0.6 is 9.24 Å². The predicted octanol–water partition coefficient (Wildman–Crippen LogP) is 0.395. The third kappa shape index (κ3) is 5.71. The van der Waals surface area contributed by atoms with Crippen molar-refractivity contribution >= 4 is 9.24 Å². The molecule has 1 aliphatic rings. The van der Waals surface area contributed by atoms with E-state index in [2.05, 4.69) is 9.24 Å². The Morgan fingerprint density at radius 3 is 2.45 bits per heavy atom. The van der Waals surface area contributed by atoms with E-state index in [1.54, 1.807) is 26.8 Å². The van der Waals surface area contributed by atoms with E-state index in [0.717, 1.165) is 0 Å². The van der Waals surface area contributed by atoms with Crippen LogP contribution in [0.1, 0.15) is 27.7 Å². The summed E-state index contributed by atoms with van der Waals surface area (Å²) in [5.41, 5.74) is 0. The van der Waals surface area contributed by atoms with Crippen molar-refractivity contribution in [1.29, 1.82) is 5.26 Å². The Balaban J connectivity index is 2.78. The van der Waals surface area contributed by atoms with Gasteiger partial charge in [-0.25, -0.2) is 0 Å². The van der Waals surface area contributed by atoms with Crippen molar-refractivity contribution < 1.29 is 29.2 Å². The van der Waals surface area contributed by atoms with Gasteiger partial charge in [-0.2, -0.15) is 5.26 Å². The highest BCUT2D eigenvalue weighted by Gasteiger charge is 2.40. The lowest BCUT2D eigenvalue weighted by molar-refractivity contribution is -0.311. The SMILES string of the molecule is CC1OC(C)(C)OC(C)[C@@H]([C@H](O)[C@H](O)COCC#N)O[C@@H]1P. The smallest absolute Gasteiger partial charge is 0.163 e. The summed E-state index contributed by atoms with van der Waals surface area (Å²) < 4.78 is 22.3. The summed E-state index contributed by atoms with van der Waals surface area (Å²) in [5, 5.41) is 28.8. The highest BCUT2D eigenvalue weighted by Crippen LogP contribution is 2.29. The predicted molar refractivity (Wildman–Crippen MR) is 82.0 cm³/mol. The van der Waals surface area contributed by atoms with Crippen LogP contribution in [0.4, 0.5) is 0 Å². The number of aliphatic hydroxyl groups is 2. The van der Waals surface area contributed by atoms with Gasteiger partial charge in [0.15, 0.2) is 5.79 Å². The fourth-order valence-corrected chi connectivity index (χ4v) is 2.62. The molecule has 0 bridgehead atoms. The quantitative estimate of drug-likeness (QED) is 0.554. The highest BCUT2D eigenvalue weighted by molar-refractivity contribution is 7.17. The molecule has 0 aliphatic carbocycles. The second-order valence-electron chi connectivity index (χ2n) is 5.84. The summed E-state index contributed by atoms with van der Waals surface area (Å²) in [5.74, 6) is -1.20. The van der Waals surface area contributed by atoms with E-state index in [4.69, 9.17) is 24.2 Å². The minimum atomic E-state index is -1.21. The van der Waals surface area contributed by atoms with Crippen molar-refractivity contribution in [2.75, 3.05) is 13.2 Å². The standard InChI is InChI=1S/C14H26NO6P/c1-8-12(11(17)10(16)7-18-6-5-15)19-13(22)9(2)21-14(3,4)20-8/h8-13,16-17H,6-7,22H2,1-4H3/t8?,9?,10-,11-,12+,13-/m1/s1. The summed E-state index contributed by atoms with van der Waals surface area (Å²) in [7, 11) is 2.52. The van der Waals surface area contributed by atoms with Crippen molar-refractivity contribution in [1.82, 2.24) is 0 Å². The Morgan fingerprint density at radius 1 is 1.27 bits per heavy atom. The highest BCUT2D eigenvalue weighted by atomic mass is 31.0. The van der Waals surface area contributed by atoms with E-state index in [1.807, 2.05) is 6.92 Å². The van der Waals surface area contributed by atoms with Crippen molar-refractivity contribution in [2.45, 2.75) is 69.8 Å². The second kappa shape index (κ2) is 8.51. The van der Waals surface area contributed by atoms with Crippen LogP contribution in [0.25, 0.3) is 0 Å². The van der Waals surface area contributed by atoms with Gasteiger partial charge < -0.3 is 29.2 Å². The first-order valence-corrected chi connectivity index (χ1v) is 7.92. The largest absolute Gasteiger partial charge is 0.388 e. The zero-order valence-corrected chi connectivity index (χ0v) is 14.6. The van der Waals surface area contributed by atoms with Crippen LogP contribution < -0.4 is 0 Å². The fourth-order valence-electron chi connectivity index (χ4n) is 2.36. The molecule has 8 heteroatoms. The van der Waals surface area contributed by atoms with Gasteiger partial charge in [0.05, 0.1) is 30.7 Å². The third-order valence-electron chi connectivity index (χ3n) is 3.37. The van der Waals surface area contributed by atoms with Crippen molar-refractivity contribution in [3.8, 4) is 6.07 Å². The summed E-state index contributed by atoms with van der Waals surface area (Å²) in [6, 6.07) is 1.80. The maximum atomic E-state index is 10.3. The molecule has 1 fully saturated rings. The molecule has 7 atom stereocenters. The molecule has 0 aromatic heterocycles. The molecule has 0 saturated carbocycles. The summed E-state index contributed by atoms with van der Waals surface area (Å²) in [4.78, 5) is 0. The lowest BCUT2D eigenvalue weighted by Crippen LogP contribution is -2.54. The average molecular weight is 335 g/mol. The van der Waals surface area contributed by atoms with E-state index in [-0.39, 0.29) is 25.2 Å². The number of ether oxygens (including phenoxy) is 4. The normalized spacial score (nSPS) is 35.0. The second-order valence-corrected chi connectivity index (χ2v) is 6.50. The zero-order valence-electron chi connectivity index (χ0n) is 13.4. The summed E-state index contributed by atoms with van der Waals surface area (Å²) in [6.45, 7) is 6.87. The monoisotopic (exact) mass is 335 g/mol. The maximum Gasteiger partial charge on any atom is 0.163 e. The molecule has 3 unspecified atom stereocenters. The van der Waals surface area contributed by atoms with Gasteiger partial charge in [0.25, 0.3) is 0 Å². The Morgan fingerprint density at radius 2 is 1.86 bits per heavy atom. The summed E-state index contributed by atoms with van der Waals surface area (Å²) in [6.07, 6.45) is -3.92. The first-order valence-electron chi connectivity index (χ1n) is 7.25. The van der Waals surface area contributed by atoms with Crippen LogP contribution in [0.5, 0.6) is 0 Å². The van der Waals surface area contributed by atoms with Crippen LogP contribution in [0, 0.1) is 11.3 Å². The molecule has 128 valence electrons. The van der Waals surface area contributed by atoms with Crippen LogP contribution in [0.15, 0.2) is 0 Å². The van der Waals surface area contributed by atoms with Crippen LogP contribution in [-0.2, 0) is 18.9 Å². The zero-order chi connectivity index (χ0) is 16.9. The van der Waals surface area contributed by atoms with E-state index < -0.39 is 30.2 Å². The lowest BCUT2D eigenvalue weighted by Gasteiger charge is -2.42. The first kappa shape index (κ1) is 19.7. The number of rotatable bonds is 5. The van der Waals surface area contributed by atoms with Gasteiger partial charge in [-0.05, 0) is 27.7 Å². The van der Waals surface area contributed by atoms with Crippen molar-refractivity contribution in [3.63, 3.8) is 0 Å². The molecule has 7 nitrogen and oxygen atoms in total. The number of aliphatic hydroxyl groups excluding tert-OH is 2. The molecule has 1 heterocycles. The van der Waals surface area contributed by atoms with Crippen LogP contribution in [0.3, 0.4) is 0 Å². The van der Waals surface area contributed by atoms with E-state index in [0.29, 0.717) is 0 Å². The number of nitriles is 1. The molecule has 2 N–H and O–H groups in total. The Labute approximate surface area is 133 Å². The van der Waals surface area contributed by atoms with Gasteiger partial charge in [0, 0.05) is 0 Å². The minimum absolute atomic E-state index is 0.147. The topological polar surface area (TPSA) is 101 Å². The molecule has 22 heavy (non-hydrogen) atoms. The van der Waals surface area contributed by atoms with Crippen LogP contribution in [0.2, 0.25) is 0 Å². The molecule has 1 rings (SSSR count). The van der Waals surface area contributed by atoms with Gasteiger partial charge in [-0.1, -0.05) is 0 Å². The molecule has 0 aromatic carbocycles. The van der Waals surface area contributed by atoms with Gasteiger partial charge in [-0.15, -0.1) is 9.24 Å². The van der Waals surface area contributed by atoms with Gasteiger partial charge in [-0.3, -0.25) is 0 Å². The van der Waals surface area contributed by atoms with E-state index >= 15 is 0 Å². The lowest BCUT2D eigenvalue weighted by atomic mass is 10.0. The van der Waals surface area contributed by atoms with E-state index in [9.17, 15) is 10.2 Å². The van der Waals surface area contributed by atoms with Gasteiger partial charge in [0.2, 0.25) is 0 Å². The molecular weight excluding hydrogens is 309 g/mol. The van der Waals surface area contributed by atoms with Gasteiger partial charge >= 0.3 is 0 Å². The molecule has 1 saturated heterocycles. The van der Waals surface area contributed by atoms with Gasteiger partial charge in [0.1, 0.15) is 24.9 Å². The fraction of sp³-hybridized carbons (Fsp3) is 0.929. The Bertz CT molecular complexity index is 388. The first-order chi connectivity index (χ1) is 10.2. The number of hydrogen-bond acceptors (Lipinski definition) is 7. The maximum absolute atomic E-state index is 10.3. The molecule has 0 aromatic rings. The number of hydrogen-bond donors (Lipinski definition) is 2. The molecule has 0 radical (unpaired) electrons.